The van der Waals surface area contributed by atoms with E-state index in [1.54, 1.807) is 12.5 Å². The van der Waals surface area contributed by atoms with Crippen molar-refractivity contribution < 1.29 is 15.3 Å². The molecule has 0 amide bonds. The number of hydrogen-bond acceptors (Lipinski definition) is 3. The molecule has 0 saturated heterocycles. The van der Waals surface area contributed by atoms with Crippen molar-refractivity contribution in [3.8, 4) is 0 Å². The van der Waals surface area contributed by atoms with Crippen LogP contribution in [-0.2, 0) is 0 Å². The standard InChI is InChI=1S/C27H44O3/c1-19-9-12-23(29)17-22(19)11-10-21-8-6-16-27(4)24(13-14-25(21)27)20(2)7-5-15-26(3,30)18-28/h10-11,20,23-25,28-30H,1,5-9,12-18H2,2-4H3/b21-10+,22-11?/t20-,23+,24-,25+,26-,27-/m1/s1. The van der Waals surface area contributed by atoms with Crippen molar-refractivity contribution in [2.24, 2.45) is 23.2 Å². The van der Waals surface area contributed by atoms with Crippen LogP contribution in [0.25, 0.3) is 0 Å². The molecule has 3 aliphatic rings. The molecular formula is C27H44O3. The zero-order valence-electron chi connectivity index (χ0n) is 19.5. The van der Waals surface area contributed by atoms with E-state index in [1.807, 2.05) is 0 Å². The molecule has 3 nitrogen and oxygen atoms in total. The predicted molar refractivity (Wildman–Crippen MR) is 124 cm³/mol. The van der Waals surface area contributed by atoms with Crippen LogP contribution in [0, 0.1) is 23.2 Å². The Labute approximate surface area is 184 Å². The lowest BCUT2D eigenvalue weighted by Gasteiger charge is -2.44. The molecule has 3 saturated carbocycles. The van der Waals surface area contributed by atoms with E-state index in [9.17, 15) is 15.3 Å². The molecule has 3 fully saturated rings. The molecule has 0 aliphatic heterocycles. The van der Waals surface area contributed by atoms with Gasteiger partial charge in [-0.1, -0.05) is 56.6 Å². The molecule has 3 rings (SSSR count). The van der Waals surface area contributed by atoms with E-state index in [1.165, 1.54) is 43.3 Å². The fourth-order valence-corrected chi connectivity index (χ4v) is 6.69. The van der Waals surface area contributed by atoms with E-state index in [2.05, 4.69) is 32.6 Å². The topological polar surface area (TPSA) is 60.7 Å². The Bertz CT molecular complexity index is 674. The summed E-state index contributed by atoms with van der Waals surface area (Å²) in [4.78, 5) is 0. The van der Waals surface area contributed by atoms with Crippen LogP contribution in [0.1, 0.15) is 91.4 Å². The maximum absolute atomic E-state index is 10.1. The van der Waals surface area contributed by atoms with Gasteiger partial charge in [-0.25, -0.2) is 0 Å². The molecule has 0 bridgehead atoms. The largest absolute Gasteiger partial charge is 0.393 e. The lowest BCUT2D eigenvalue weighted by atomic mass is 9.60. The highest BCUT2D eigenvalue weighted by molar-refractivity contribution is 5.36. The first-order chi connectivity index (χ1) is 14.2. The van der Waals surface area contributed by atoms with Gasteiger partial charge in [0.15, 0.2) is 0 Å². The maximum Gasteiger partial charge on any atom is 0.0849 e. The van der Waals surface area contributed by atoms with Crippen LogP contribution in [0.2, 0.25) is 0 Å². The first-order valence-electron chi connectivity index (χ1n) is 12.3. The molecule has 0 aromatic carbocycles. The number of hydrogen-bond donors (Lipinski definition) is 3. The Kier molecular flexibility index (Phi) is 7.69. The summed E-state index contributed by atoms with van der Waals surface area (Å²) in [5.74, 6) is 2.07. The summed E-state index contributed by atoms with van der Waals surface area (Å²) in [7, 11) is 0. The van der Waals surface area contributed by atoms with Crippen LogP contribution in [0.15, 0.2) is 35.5 Å². The van der Waals surface area contributed by atoms with Crippen molar-refractivity contribution in [3.05, 3.63) is 35.5 Å². The highest BCUT2D eigenvalue weighted by atomic mass is 16.3. The van der Waals surface area contributed by atoms with Gasteiger partial charge in [0.25, 0.3) is 0 Å². The van der Waals surface area contributed by atoms with Crippen LogP contribution in [0.3, 0.4) is 0 Å². The van der Waals surface area contributed by atoms with Crippen molar-refractivity contribution in [2.45, 2.75) is 103 Å². The summed E-state index contributed by atoms with van der Waals surface area (Å²) in [6.07, 6.45) is 16.1. The lowest BCUT2D eigenvalue weighted by Crippen LogP contribution is -2.36. The first-order valence-corrected chi connectivity index (χ1v) is 12.3. The monoisotopic (exact) mass is 416 g/mol. The SMILES string of the molecule is C=C1CC[C@H](O)CC1=C/C=C1\CCC[C@]2(C)[C@@H]([C@H](C)CCC[C@@](C)(O)CO)CC[C@@H]12. The smallest absolute Gasteiger partial charge is 0.0849 e. The Hall–Kier alpha value is -0.900. The zero-order valence-corrected chi connectivity index (χ0v) is 19.5. The average molecular weight is 417 g/mol. The minimum atomic E-state index is -0.938. The van der Waals surface area contributed by atoms with Gasteiger partial charge in [0.05, 0.1) is 18.3 Å². The zero-order chi connectivity index (χ0) is 21.9. The fraction of sp³-hybridized carbons (Fsp3) is 0.778. The summed E-state index contributed by atoms with van der Waals surface area (Å²) in [6, 6.07) is 0. The first kappa shape index (κ1) is 23.8. The van der Waals surface area contributed by atoms with Gasteiger partial charge in [-0.3, -0.25) is 0 Å². The van der Waals surface area contributed by atoms with E-state index in [0.29, 0.717) is 23.7 Å². The second-order valence-electron chi connectivity index (χ2n) is 11.1. The van der Waals surface area contributed by atoms with Crippen molar-refractivity contribution in [1.82, 2.24) is 0 Å². The van der Waals surface area contributed by atoms with Crippen LogP contribution in [-0.4, -0.2) is 33.6 Å². The Morgan fingerprint density at radius 2 is 2.00 bits per heavy atom. The molecule has 3 N–H and O–H groups in total. The van der Waals surface area contributed by atoms with Gasteiger partial charge in [0, 0.05) is 0 Å². The van der Waals surface area contributed by atoms with E-state index in [4.69, 9.17) is 0 Å². The van der Waals surface area contributed by atoms with Gasteiger partial charge in [-0.05, 0) is 93.5 Å². The van der Waals surface area contributed by atoms with Crippen LogP contribution in [0.5, 0.6) is 0 Å². The molecule has 0 aromatic heterocycles. The van der Waals surface area contributed by atoms with Crippen molar-refractivity contribution in [2.75, 3.05) is 6.61 Å². The number of rotatable bonds is 7. The molecule has 3 aliphatic carbocycles. The predicted octanol–water partition coefficient (Wildman–Crippen LogP) is 5.71. The average Bonchev–Trinajstić information content (AvgIpc) is 3.06. The highest BCUT2D eigenvalue weighted by Gasteiger charge is 2.50. The lowest BCUT2D eigenvalue weighted by molar-refractivity contribution is -0.00891. The van der Waals surface area contributed by atoms with Gasteiger partial charge in [0.2, 0.25) is 0 Å². The van der Waals surface area contributed by atoms with E-state index >= 15 is 0 Å². The maximum atomic E-state index is 10.1. The van der Waals surface area contributed by atoms with E-state index in [0.717, 1.165) is 38.0 Å². The normalized spacial score (nSPS) is 37.9. The highest BCUT2D eigenvalue weighted by Crippen LogP contribution is 2.60. The van der Waals surface area contributed by atoms with E-state index in [-0.39, 0.29) is 12.7 Å². The summed E-state index contributed by atoms with van der Waals surface area (Å²) in [5, 5.41) is 29.4. The summed E-state index contributed by atoms with van der Waals surface area (Å²) >= 11 is 0. The van der Waals surface area contributed by atoms with Crippen molar-refractivity contribution >= 4 is 0 Å². The fourth-order valence-electron chi connectivity index (χ4n) is 6.69. The van der Waals surface area contributed by atoms with Crippen molar-refractivity contribution in [3.63, 3.8) is 0 Å². The Morgan fingerprint density at radius 1 is 1.23 bits per heavy atom. The molecule has 0 heterocycles. The summed E-state index contributed by atoms with van der Waals surface area (Å²) in [6.45, 7) is 10.7. The molecule has 0 aromatic rings. The van der Waals surface area contributed by atoms with Gasteiger partial charge >= 0.3 is 0 Å². The van der Waals surface area contributed by atoms with Gasteiger partial charge in [-0.15, -0.1) is 0 Å². The van der Waals surface area contributed by atoms with Gasteiger partial charge in [0.1, 0.15) is 0 Å². The number of aliphatic hydroxyl groups excluding tert-OH is 2. The minimum Gasteiger partial charge on any atom is -0.393 e. The van der Waals surface area contributed by atoms with Crippen LogP contribution in [0.4, 0.5) is 0 Å². The molecule has 6 atom stereocenters. The second kappa shape index (κ2) is 9.71. The molecule has 30 heavy (non-hydrogen) atoms. The van der Waals surface area contributed by atoms with Gasteiger partial charge < -0.3 is 15.3 Å². The molecule has 3 heteroatoms. The molecule has 0 spiro atoms. The number of allylic oxidation sites excluding steroid dienone is 4. The molecule has 0 unspecified atom stereocenters. The molecule has 0 radical (unpaired) electrons. The van der Waals surface area contributed by atoms with Gasteiger partial charge in [-0.2, -0.15) is 0 Å². The third-order valence-electron chi connectivity index (χ3n) is 8.63. The Morgan fingerprint density at radius 3 is 2.73 bits per heavy atom. The summed E-state index contributed by atoms with van der Waals surface area (Å²) in [5.41, 5.74) is 3.50. The third kappa shape index (κ3) is 5.29. The quantitative estimate of drug-likeness (QED) is 0.498. The second-order valence-corrected chi connectivity index (χ2v) is 11.1. The minimum absolute atomic E-state index is 0.155. The number of aliphatic hydroxyl groups is 3. The molecule has 170 valence electrons. The molecular weight excluding hydrogens is 372 g/mol. The van der Waals surface area contributed by atoms with E-state index < -0.39 is 5.60 Å². The number of fused-ring (bicyclic) bond motifs is 1. The third-order valence-corrected chi connectivity index (χ3v) is 8.63. The Balaban J connectivity index is 1.66. The van der Waals surface area contributed by atoms with Crippen LogP contribution >= 0.6 is 0 Å². The van der Waals surface area contributed by atoms with Crippen LogP contribution < -0.4 is 0 Å². The van der Waals surface area contributed by atoms with Crippen molar-refractivity contribution in [1.29, 1.82) is 0 Å². The summed E-state index contributed by atoms with van der Waals surface area (Å²) < 4.78 is 0.